The molecule has 0 aromatic heterocycles. The zero-order valence-electron chi connectivity index (χ0n) is 16.9. The summed E-state index contributed by atoms with van der Waals surface area (Å²) in [5.41, 5.74) is 0.794. The van der Waals surface area contributed by atoms with Gasteiger partial charge < -0.3 is 14.9 Å². The molecule has 27 heavy (non-hydrogen) atoms. The minimum atomic E-state index is -1.35. The summed E-state index contributed by atoms with van der Waals surface area (Å²) in [6.45, 7) is 8.99. The standard InChI is InChI=1S/C22H32O5/c1-14(2)8-6-9-15(3)10-7-11-16(4)20-19(27-17(5)24)12-18(13-23)21(25)22(20)26/h6-7,9-12,14-15,19-20,22-23,26H,8,13H2,1-5H3/b9-6-,10-7+,16-11+/t15?,19-,20-,22+/m0/s1. The molecule has 0 bridgehead atoms. The van der Waals surface area contributed by atoms with Gasteiger partial charge in [-0.05, 0) is 31.3 Å². The number of ketones is 1. The molecule has 0 aromatic rings. The number of Topliss-reactive ketones (excluding diaryl/α,β-unsaturated/α-hetero) is 1. The highest BCUT2D eigenvalue weighted by molar-refractivity contribution is 6.00. The van der Waals surface area contributed by atoms with Crippen LogP contribution in [0.1, 0.15) is 41.0 Å². The van der Waals surface area contributed by atoms with E-state index in [1.54, 1.807) is 6.92 Å². The van der Waals surface area contributed by atoms with E-state index in [1.165, 1.54) is 13.0 Å². The van der Waals surface area contributed by atoms with E-state index in [9.17, 15) is 19.8 Å². The van der Waals surface area contributed by atoms with Crippen LogP contribution in [0.3, 0.4) is 0 Å². The molecule has 1 rings (SSSR count). The molecule has 0 amide bonds. The Morgan fingerprint density at radius 1 is 1.26 bits per heavy atom. The molecular weight excluding hydrogens is 344 g/mol. The van der Waals surface area contributed by atoms with Crippen LogP contribution in [-0.2, 0) is 14.3 Å². The summed E-state index contributed by atoms with van der Waals surface area (Å²) in [4.78, 5) is 23.6. The van der Waals surface area contributed by atoms with Crippen LogP contribution in [0, 0.1) is 17.8 Å². The number of rotatable bonds is 8. The normalized spacial score (nSPS) is 25.3. The molecule has 150 valence electrons. The van der Waals surface area contributed by atoms with Crippen LogP contribution in [0.15, 0.2) is 47.6 Å². The second kappa shape index (κ2) is 11.0. The maximum Gasteiger partial charge on any atom is 0.303 e. The molecule has 5 heteroatoms. The van der Waals surface area contributed by atoms with Crippen LogP contribution in [0.5, 0.6) is 0 Å². The van der Waals surface area contributed by atoms with Crippen LogP contribution in [-0.4, -0.2) is 40.8 Å². The van der Waals surface area contributed by atoms with Crippen molar-refractivity contribution in [2.24, 2.45) is 17.8 Å². The third kappa shape index (κ3) is 7.27. The summed E-state index contributed by atoms with van der Waals surface area (Å²) in [5.74, 6) is -0.830. The van der Waals surface area contributed by atoms with Crippen LogP contribution < -0.4 is 0 Å². The molecule has 0 aliphatic heterocycles. The lowest BCUT2D eigenvalue weighted by molar-refractivity contribution is -0.150. The van der Waals surface area contributed by atoms with E-state index in [0.717, 1.165) is 12.0 Å². The third-order valence-electron chi connectivity index (χ3n) is 4.46. The number of hydrogen-bond acceptors (Lipinski definition) is 5. The van der Waals surface area contributed by atoms with Crippen molar-refractivity contribution in [2.75, 3.05) is 6.61 Å². The highest BCUT2D eigenvalue weighted by Gasteiger charge is 2.40. The van der Waals surface area contributed by atoms with Crippen molar-refractivity contribution < 1.29 is 24.5 Å². The van der Waals surface area contributed by atoms with Gasteiger partial charge in [0, 0.05) is 12.5 Å². The zero-order chi connectivity index (χ0) is 20.6. The molecule has 5 nitrogen and oxygen atoms in total. The quantitative estimate of drug-likeness (QED) is 0.386. The van der Waals surface area contributed by atoms with Crippen LogP contribution in [0.25, 0.3) is 0 Å². The van der Waals surface area contributed by atoms with Gasteiger partial charge in [-0.3, -0.25) is 9.59 Å². The number of hydrogen-bond donors (Lipinski definition) is 2. The first kappa shape index (κ1) is 23.1. The largest absolute Gasteiger partial charge is 0.458 e. The zero-order valence-corrected chi connectivity index (χ0v) is 16.9. The Kier molecular flexibility index (Phi) is 9.39. The number of allylic oxidation sites excluding steroid dienone is 5. The number of carbonyl (C=O) groups is 2. The molecule has 4 atom stereocenters. The van der Waals surface area contributed by atoms with Crippen molar-refractivity contribution in [3.05, 3.63) is 47.6 Å². The summed E-state index contributed by atoms with van der Waals surface area (Å²) in [6, 6.07) is 0. The van der Waals surface area contributed by atoms with Crippen molar-refractivity contribution >= 4 is 11.8 Å². The highest BCUT2D eigenvalue weighted by atomic mass is 16.5. The molecule has 0 radical (unpaired) electrons. The minimum absolute atomic E-state index is 0.0669. The Bertz CT molecular complexity index is 639. The Morgan fingerprint density at radius 3 is 2.48 bits per heavy atom. The Labute approximate surface area is 162 Å². The van der Waals surface area contributed by atoms with E-state index in [2.05, 4.69) is 32.9 Å². The summed E-state index contributed by atoms with van der Waals surface area (Å²) < 4.78 is 5.26. The van der Waals surface area contributed by atoms with Crippen LogP contribution >= 0.6 is 0 Å². The van der Waals surface area contributed by atoms with Crippen LogP contribution in [0.4, 0.5) is 0 Å². The second-order valence-electron chi connectivity index (χ2n) is 7.47. The SMILES string of the molecule is CC(=O)O[C@H]1C=C(CO)C(=O)[C@H](O)[C@H]1/C(C)=C/C=C/C(C)/C=C\CC(C)C. The fraction of sp³-hybridized carbons (Fsp3) is 0.545. The minimum Gasteiger partial charge on any atom is -0.458 e. The fourth-order valence-corrected chi connectivity index (χ4v) is 2.98. The number of aliphatic hydroxyl groups is 2. The van der Waals surface area contributed by atoms with Gasteiger partial charge in [-0.25, -0.2) is 0 Å². The summed E-state index contributed by atoms with van der Waals surface area (Å²) >= 11 is 0. The number of aliphatic hydroxyl groups excluding tert-OH is 2. The molecule has 1 unspecified atom stereocenters. The Hall–Kier alpha value is -1.98. The van der Waals surface area contributed by atoms with Gasteiger partial charge in [0.15, 0.2) is 5.78 Å². The molecule has 0 spiro atoms. The number of carbonyl (C=O) groups excluding carboxylic acids is 2. The van der Waals surface area contributed by atoms with Crippen molar-refractivity contribution in [3.8, 4) is 0 Å². The van der Waals surface area contributed by atoms with E-state index >= 15 is 0 Å². The van der Waals surface area contributed by atoms with Crippen molar-refractivity contribution in [1.29, 1.82) is 0 Å². The number of esters is 1. The van der Waals surface area contributed by atoms with Crippen molar-refractivity contribution in [3.63, 3.8) is 0 Å². The van der Waals surface area contributed by atoms with Gasteiger partial charge in [0.1, 0.15) is 12.2 Å². The molecule has 0 aromatic carbocycles. The van der Waals surface area contributed by atoms with Gasteiger partial charge in [0.2, 0.25) is 0 Å². The summed E-state index contributed by atoms with van der Waals surface area (Å²) in [6.07, 6.45) is 10.4. The highest BCUT2D eigenvalue weighted by Crippen LogP contribution is 2.30. The summed E-state index contributed by atoms with van der Waals surface area (Å²) in [7, 11) is 0. The van der Waals surface area contributed by atoms with Gasteiger partial charge in [-0.2, -0.15) is 0 Å². The van der Waals surface area contributed by atoms with E-state index in [1.807, 2.05) is 18.2 Å². The van der Waals surface area contributed by atoms with E-state index in [0.29, 0.717) is 5.92 Å². The van der Waals surface area contributed by atoms with E-state index < -0.39 is 36.5 Å². The number of ether oxygens (including phenoxy) is 1. The lowest BCUT2D eigenvalue weighted by Gasteiger charge is -2.33. The monoisotopic (exact) mass is 376 g/mol. The van der Waals surface area contributed by atoms with Crippen molar-refractivity contribution in [2.45, 2.75) is 53.2 Å². The molecule has 0 saturated heterocycles. The Morgan fingerprint density at radius 2 is 1.93 bits per heavy atom. The third-order valence-corrected chi connectivity index (χ3v) is 4.46. The van der Waals surface area contributed by atoms with Gasteiger partial charge >= 0.3 is 5.97 Å². The van der Waals surface area contributed by atoms with Gasteiger partial charge in [0.05, 0.1) is 12.5 Å². The topological polar surface area (TPSA) is 83.8 Å². The van der Waals surface area contributed by atoms with E-state index in [-0.39, 0.29) is 11.5 Å². The molecule has 0 heterocycles. The van der Waals surface area contributed by atoms with Crippen LogP contribution in [0.2, 0.25) is 0 Å². The first-order valence-corrected chi connectivity index (χ1v) is 9.40. The first-order valence-electron chi connectivity index (χ1n) is 9.40. The Balaban J connectivity index is 2.95. The first-order chi connectivity index (χ1) is 12.7. The predicted molar refractivity (Wildman–Crippen MR) is 106 cm³/mol. The molecule has 2 N–H and O–H groups in total. The molecule has 1 aliphatic rings. The molecular formula is C22H32O5. The summed E-state index contributed by atoms with van der Waals surface area (Å²) in [5, 5.41) is 19.7. The van der Waals surface area contributed by atoms with Gasteiger partial charge in [-0.1, -0.05) is 56.7 Å². The maximum absolute atomic E-state index is 12.2. The molecule has 0 saturated carbocycles. The maximum atomic E-state index is 12.2. The lowest BCUT2D eigenvalue weighted by Crippen LogP contribution is -2.44. The molecule has 0 fully saturated rings. The van der Waals surface area contributed by atoms with E-state index in [4.69, 9.17) is 4.74 Å². The van der Waals surface area contributed by atoms with Crippen molar-refractivity contribution in [1.82, 2.24) is 0 Å². The van der Waals surface area contributed by atoms with Gasteiger partial charge in [0.25, 0.3) is 0 Å². The smallest absolute Gasteiger partial charge is 0.303 e. The average Bonchev–Trinajstić information content (AvgIpc) is 2.57. The second-order valence-corrected chi connectivity index (χ2v) is 7.47. The molecule has 1 aliphatic carbocycles. The fourth-order valence-electron chi connectivity index (χ4n) is 2.98. The predicted octanol–water partition coefficient (Wildman–Crippen LogP) is 3.14. The average molecular weight is 376 g/mol. The van der Waals surface area contributed by atoms with Gasteiger partial charge in [-0.15, -0.1) is 0 Å². The lowest BCUT2D eigenvalue weighted by atomic mass is 9.79.